The maximum absolute atomic E-state index is 13.4. The normalized spacial score (nSPS) is 17.4. The van der Waals surface area contributed by atoms with Gasteiger partial charge in [0.25, 0.3) is 0 Å². The molecule has 0 saturated heterocycles. The molecule has 1 atom stereocenters. The van der Waals surface area contributed by atoms with E-state index in [-0.39, 0.29) is 11.7 Å². The first-order valence-electron chi connectivity index (χ1n) is 10.4. The molecule has 1 aliphatic rings. The lowest BCUT2D eigenvalue weighted by molar-refractivity contribution is -0.151. The van der Waals surface area contributed by atoms with Crippen LogP contribution in [0.1, 0.15) is 40.9 Å². The lowest BCUT2D eigenvalue weighted by Gasteiger charge is -2.28. The third-order valence-corrected chi connectivity index (χ3v) is 6.08. The van der Waals surface area contributed by atoms with Gasteiger partial charge in [0.15, 0.2) is 5.78 Å². The second kappa shape index (κ2) is 8.31. The Morgan fingerprint density at radius 2 is 1.52 bits per heavy atom. The molecule has 0 saturated carbocycles. The highest BCUT2D eigenvalue weighted by Gasteiger charge is 2.54. The fourth-order valence-electron chi connectivity index (χ4n) is 4.29. The van der Waals surface area contributed by atoms with Crippen LogP contribution in [0.3, 0.4) is 0 Å². The molecule has 3 aromatic rings. The first-order chi connectivity index (χ1) is 15.0. The summed E-state index contributed by atoms with van der Waals surface area (Å²) < 4.78 is 5.02. The van der Waals surface area contributed by atoms with E-state index in [9.17, 15) is 9.59 Å². The number of esters is 1. The van der Waals surface area contributed by atoms with Gasteiger partial charge in [0.05, 0.1) is 18.5 Å². The summed E-state index contributed by atoms with van der Waals surface area (Å²) in [4.78, 5) is 30.9. The number of aliphatic imine (C=N–C) groups is 1. The number of carbonyl (C=O) groups is 2. The largest absolute Gasteiger partial charge is 0.468 e. The van der Waals surface area contributed by atoms with Crippen molar-refractivity contribution in [2.24, 2.45) is 16.3 Å². The Kier molecular flexibility index (Phi) is 5.55. The highest BCUT2D eigenvalue weighted by molar-refractivity contribution is 6.17. The zero-order valence-electron chi connectivity index (χ0n) is 18.0. The van der Waals surface area contributed by atoms with Gasteiger partial charge in [-0.25, -0.2) is 4.99 Å². The van der Waals surface area contributed by atoms with E-state index in [4.69, 9.17) is 9.73 Å². The standard InChI is InChI=1S/C27H25NO3/c1-18(2)27(26(30)31-3)17-21-14-15-22(16-23(21)25(27)29)28-24(19-10-6-4-7-11-19)20-12-8-5-9-13-20/h4-16,18H,17H2,1-3H3. The summed E-state index contributed by atoms with van der Waals surface area (Å²) in [6.07, 6.45) is 0.361. The third-order valence-electron chi connectivity index (χ3n) is 6.08. The van der Waals surface area contributed by atoms with Crippen molar-refractivity contribution in [2.45, 2.75) is 20.3 Å². The number of nitrogens with zero attached hydrogens (tertiary/aromatic N) is 1. The van der Waals surface area contributed by atoms with Gasteiger partial charge in [0, 0.05) is 16.7 Å². The molecule has 0 aliphatic heterocycles. The van der Waals surface area contributed by atoms with E-state index in [1.165, 1.54) is 7.11 Å². The van der Waals surface area contributed by atoms with Crippen LogP contribution in [0.15, 0.2) is 83.9 Å². The molecule has 4 heteroatoms. The molecular weight excluding hydrogens is 386 g/mol. The highest BCUT2D eigenvalue weighted by atomic mass is 16.5. The first kappa shape index (κ1) is 20.7. The molecular formula is C27H25NO3. The fraction of sp³-hybridized carbons (Fsp3) is 0.222. The van der Waals surface area contributed by atoms with E-state index < -0.39 is 11.4 Å². The van der Waals surface area contributed by atoms with Gasteiger partial charge in [-0.2, -0.15) is 0 Å². The summed E-state index contributed by atoms with van der Waals surface area (Å²) in [5.41, 5.74) is 3.75. The van der Waals surface area contributed by atoms with Crippen molar-refractivity contribution in [1.29, 1.82) is 0 Å². The van der Waals surface area contributed by atoms with Gasteiger partial charge < -0.3 is 4.74 Å². The van der Waals surface area contributed by atoms with Gasteiger partial charge in [-0.05, 0) is 30.0 Å². The molecule has 0 bridgehead atoms. The molecule has 0 spiro atoms. The minimum absolute atomic E-state index is 0.170. The second-order valence-corrected chi connectivity index (χ2v) is 8.16. The Balaban J connectivity index is 1.81. The number of ether oxygens (including phenoxy) is 1. The van der Waals surface area contributed by atoms with Crippen LogP contribution < -0.4 is 0 Å². The van der Waals surface area contributed by atoms with Crippen molar-refractivity contribution >= 4 is 23.2 Å². The Morgan fingerprint density at radius 1 is 0.935 bits per heavy atom. The second-order valence-electron chi connectivity index (χ2n) is 8.16. The monoisotopic (exact) mass is 411 g/mol. The van der Waals surface area contributed by atoms with E-state index in [2.05, 4.69) is 0 Å². The fourth-order valence-corrected chi connectivity index (χ4v) is 4.29. The predicted octanol–water partition coefficient (Wildman–Crippen LogP) is 5.41. The molecule has 1 aliphatic carbocycles. The van der Waals surface area contributed by atoms with E-state index in [1.54, 1.807) is 6.07 Å². The summed E-state index contributed by atoms with van der Waals surface area (Å²) in [7, 11) is 1.34. The smallest absolute Gasteiger partial charge is 0.320 e. The average Bonchev–Trinajstić information content (AvgIpc) is 3.11. The van der Waals surface area contributed by atoms with Crippen LogP contribution in [0, 0.1) is 11.3 Å². The topological polar surface area (TPSA) is 55.7 Å². The molecule has 0 heterocycles. The number of hydrogen-bond donors (Lipinski definition) is 0. The highest BCUT2D eigenvalue weighted by Crippen LogP contribution is 2.44. The average molecular weight is 412 g/mol. The van der Waals surface area contributed by atoms with Crippen LogP contribution in [0.4, 0.5) is 5.69 Å². The van der Waals surface area contributed by atoms with E-state index in [1.807, 2.05) is 86.6 Å². The summed E-state index contributed by atoms with van der Waals surface area (Å²) in [5.74, 6) is -0.818. The Labute approximate surface area is 182 Å². The minimum Gasteiger partial charge on any atom is -0.468 e. The molecule has 0 aromatic heterocycles. The van der Waals surface area contributed by atoms with Crippen LogP contribution in [0.2, 0.25) is 0 Å². The molecule has 156 valence electrons. The Morgan fingerprint density at radius 3 is 2.03 bits per heavy atom. The lowest BCUT2D eigenvalue weighted by Crippen LogP contribution is -2.42. The number of Topliss-reactive ketones (excluding diaryl/α,β-unsaturated/α-hetero) is 1. The van der Waals surface area contributed by atoms with Crippen molar-refractivity contribution in [3.8, 4) is 0 Å². The Hall–Kier alpha value is -3.53. The molecule has 0 fully saturated rings. The zero-order chi connectivity index (χ0) is 22.0. The van der Waals surface area contributed by atoms with Crippen molar-refractivity contribution < 1.29 is 14.3 Å². The van der Waals surface area contributed by atoms with Gasteiger partial charge >= 0.3 is 5.97 Å². The number of hydrogen-bond acceptors (Lipinski definition) is 4. The number of rotatable bonds is 5. The number of methoxy groups -OCH3 is 1. The SMILES string of the molecule is COC(=O)C1(C(C)C)Cc2ccc(N=C(c3ccccc3)c3ccccc3)cc2C1=O. The van der Waals surface area contributed by atoms with Crippen molar-refractivity contribution in [1.82, 2.24) is 0 Å². The van der Waals surface area contributed by atoms with Crippen LogP contribution in [0.5, 0.6) is 0 Å². The van der Waals surface area contributed by atoms with Crippen LogP contribution in [0.25, 0.3) is 0 Å². The summed E-state index contributed by atoms with van der Waals surface area (Å²) in [6.45, 7) is 3.78. The van der Waals surface area contributed by atoms with Crippen molar-refractivity contribution in [2.75, 3.05) is 7.11 Å². The molecule has 4 rings (SSSR count). The van der Waals surface area contributed by atoms with Crippen LogP contribution in [-0.2, 0) is 16.0 Å². The van der Waals surface area contributed by atoms with Gasteiger partial charge in [-0.15, -0.1) is 0 Å². The molecule has 1 unspecified atom stereocenters. The Bertz CT molecular complexity index is 1110. The predicted molar refractivity (Wildman–Crippen MR) is 122 cm³/mol. The quantitative estimate of drug-likeness (QED) is 0.320. The van der Waals surface area contributed by atoms with Gasteiger partial charge in [-0.3, -0.25) is 9.59 Å². The van der Waals surface area contributed by atoms with Crippen molar-refractivity contribution in [3.63, 3.8) is 0 Å². The van der Waals surface area contributed by atoms with Crippen molar-refractivity contribution in [3.05, 3.63) is 101 Å². The van der Waals surface area contributed by atoms with Gasteiger partial charge in [0.2, 0.25) is 0 Å². The molecule has 3 aromatic carbocycles. The van der Waals surface area contributed by atoms with Crippen LogP contribution >= 0.6 is 0 Å². The molecule has 0 radical (unpaired) electrons. The maximum Gasteiger partial charge on any atom is 0.320 e. The summed E-state index contributed by atoms with van der Waals surface area (Å²) in [6, 6.07) is 25.6. The summed E-state index contributed by atoms with van der Waals surface area (Å²) >= 11 is 0. The van der Waals surface area contributed by atoms with E-state index in [0.29, 0.717) is 17.7 Å². The number of benzene rings is 3. The summed E-state index contributed by atoms with van der Waals surface area (Å²) in [5, 5.41) is 0. The number of fused-ring (bicyclic) bond motifs is 1. The van der Waals surface area contributed by atoms with E-state index in [0.717, 1.165) is 22.4 Å². The molecule has 0 N–H and O–H groups in total. The number of carbonyl (C=O) groups excluding carboxylic acids is 2. The number of ketones is 1. The third kappa shape index (κ3) is 3.59. The maximum atomic E-state index is 13.4. The van der Waals surface area contributed by atoms with Gasteiger partial charge in [0.1, 0.15) is 5.41 Å². The lowest BCUT2D eigenvalue weighted by atomic mass is 9.74. The first-order valence-corrected chi connectivity index (χ1v) is 10.4. The minimum atomic E-state index is -1.17. The van der Waals surface area contributed by atoms with E-state index >= 15 is 0 Å². The molecule has 31 heavy (non-hydrogen) atoms. The zero-order valence-corrected chi connectivity index (χ0v) is 18.0. The molecule has 4 nitrogen and oxygen atoms in total. The van der Waals surface area contributed by atoms with Crippen LogP contribution in [-0.4, -0.2) is 24.6 Å². The molecule has 0 amide bonds. The van der Waals surface area contributed by atoms with Gasteiger partial charge in [-0.1, -0.05) is 80.6 Å².